The van der Waals surface area contributed by atoms with E-state index in [1.165, 1.54) is 0 Å². The summed E-state index contributed by atoms with van der Waals surface area (Å²) >= 11 is 0. The summed E-state index contributed by atoms with van der Waals surface area (Å²) in [4.78, 5) is 4.48. The molecule has 1 aromatic heterocycles. The standard InChI is InChI=1S/C17H24N2O2/c1-11(17(2,3)4)19-16-13-10-15(21-6)14(20-5)9-12(13)7-8-18-16/h7-11H,1-6H3,(H,18,19). The van der Waals surface area contributed by atoms with E-state index in [-0.39, 0.29) is 5.41 Å². The van der Waals surface area contributed by atoms with Crippen LogP contribution in [0.25, 0.3) is 10.8 Å². The Morgan fingerprint density at radius 2 is 1.71 bits per heavy atom. The van der Waals surface area contributed by atoms with Gasteiger partial charge in [-0.1, -0.05) is 20.8 Å². The van der Waals surface area contributed by atoms with E-state index in [1.54, 1.807) is 14.2 Å². The molecule has 0 fully saturated rings. The van der Waals surface area contributed by atoms with Crippen molar-refractivity contribution in [3.8, 4) is 11.5 Å². The normalized spacial score (nSPS) is 13.0. The third kappa shape index (κ3) is 3.20. The summed E-state index contributed by atoms with van der Waals surface area (Å²) < 4.78 is 10.7. The topological polar surface area (TPSA) is 43.4 Å². The van der Waals surface area contributed by atoms with Gasteiger partial charge in [0.1, 0.15) is 5.82 Å². The van der Waals surface area contributed by atoms with Gasteiger partial charge in [0.15, 0.2) is 11.5 Å². The van der Waals surface area contributed by atoms with E-state index in [2.05, 4.69) is 38.0 Å². The van der Waals surface area contributed by atoms with Crippen LogP contribution >= 0.6 is 0 Å². The summed E-state index contributed by atoms with van der Waals surface area (Å²) in [7, 11) is 3.29. The van der Waals surface area contributed by atoms with Gasteiger partial charge in [-0.05, 0) is 35.9 Å². The van der Waals surface area contributed by atoms with E-state index in [0.29, 0.717) is 11.8 Å². The molecule has 0 aliphatic heterocycles. The van der Waals surface area contributed by atoms with Crippen LogP contribution in [0.15, 0.2) is 24.4 Å². The Balaban J connectivity index is 2.50. The maximum atomic E-state index is 5.39. The van der Waals surface area contributed by atoms with Crippen molar-refractivity contribution in [3.63, 3.8) is 0 Å². The number of hydrogen-bond acceptors (Lipinski definition) is 4. The summed E-state index contributed by atoms with van der Waals surface area (Å²) in [6.45, 7) is 8.79. The quantitative estimate of drug-likeness (QED) is 0.920. The van der Waals surface area contributed by atoms with Crippen LogP contribution in [0.1, 0.15) is 27.7 Å². The van der Waals surface area contributed by atoms with Crippen molar-refractivity contribution >= 4 is 16.6 Å². The molecule has 1 atom stereocenters. The van der Waals surface area contributed by atoms with Gasteiger partial charge in [0, 0.05) is 17.6 Å². The molecule has 0 saturated carbocycles. The van der Waals surface area contributed by atoms with Gasteiger partial charge >= 0.3 is 0 Å². The fourth-order valence-corrected chi connectivity index (χ4v) is 2.04. The third-order valence-electron chi connectivity index (χ3n) is 3.92. The van der Waals surface area contributed by atoms with Gasteiger partial charge in [0.2, 0.25) is 0 Å². The minimum Gasteiger partial charge on any atom is -0.493 e. The maximum Gasteiger partial charge on any atom is 0.161 e. The van der Waals surface area contributed by atoms with E-state index >= 15 is 0 Å². The Bertz CT molecular complexity index is 632. The van der Waals surface area contributed by atoms with E-state index in [9.17, 15) is 0 Å². The molecule has 2 rings (SSSR count). The number of fused-ring (bicyclic) bond motifs is 1. The van der Waals surface area contributed by atoms with Gasteiger partial charge in [0.25, 0.3) is 0 Å². The second-order valence-corrected chi connectivity index (χ2v) is 6.32. The Kier molecular flexibility index (Phi) is 4.26. The van der Waals surface area contributed by atoms with Gasteiger partial charge in [-0.3, -0.25) is 0 Å². The Labute approximate surface area is 126 Å². The lowest BCUT2D eigenvalue weighted by molar-refractivity contribution is 0.355. The van der Waals surface area contributed by atoms with Crippen LogP contribution in [0.4, 0.5) is 5.82 Å². The highest BCUT2D eigenvalue weighted by atomic mass is 16.5. The molecule has 1 heterocycles. The lowest BCUT2D eigenvalue weighted by Gasteiger charge is -2.29. The predicted octanol–water partition coefficient (Wildman–Crippen LogP) is 4.10. The predicted molar refractivity (Wildman–Crippen MR) is 87.4 cm³/mol. The SMILES string of the molecule is COc1cc2ccnc(NC(C)C(C)(C)C)c2cc1OC. The van der Waals surface area contributed by atoms with Crippen molar-refractivity contribution < 1.29 is 9.47 Å². The lowest BCUT2D eigenvalue weighted by Crippen LogP contribution is -2.31. The molecule has 2 aromatic rings. The number of anilines is 1. The highest BCUT2D eigenvalue weighted by Crippen LogP contribution is 2.35. The van der Waals surface area contributed by atoms with Crippen LogP contribution in [0.2, 0.25) is 0 Å². The number of nitrogens with one attached hydrogen (secondary N) is 1. The zero-order chi connectivity index (χ0) is 15.6. The van der Waals surface area contributed by atoms with Crippen molar-refractivity contribution in [1.29, 1.82) is 0 Å². The molecule has 1 aromatic carbocycles. The van der Waals surface area contributed by atoms with Gasteiger partial charge < -0.3 is 14.8 Å². The first-order valence-electron chi connectivity index (χ1n) is 7.14. The zero-order valence-electron chi connectivity index (χ0n) is 13.7. The van der Waals surface area contributed by atoms with E-state index in [4.69, 9.17) is 9.47 Å². The summed E-state index contributed by atoms with van der Waals surface area (Å²) in [5.74, 6) is 2.31. The molecular weight excluding hydrogens is 264 g/mol. The number of pyridine rings is 1. The number of methoxy groups -OCH3 is 2. The zero-order valence-corrected chi connectivity index (χ0v) is 13.7. The monoisotopic (exact) mass is 288 g/mol. The summed E-state index contributed by atoms with van der Waals surface area (Å²) in [5.41, 5.74) is 0.153. The molecule has 4 nitrogen and oxygen atoms in total. The fourth-order valence-electron chi connectivity index (χ4n) is 2.04. The Morgan fingerprint density at radius 3 is 2.29 bits per heavy atom. The summed E-state index contributed by atoms with van der Waals surface area (Å²) in [5, 5.41) is 5.61. The largest absolute Gasteiger partial charge is 0.493 e. The molecule has 21 heavy (non-hydrogen) atoms. The van der Waals surface area contributed by atoms with Crippen molar-refractivity contribution in [2.24, 2.45) is 5.41 Å². The molecule has 0 saturated heterocycles. The number of aromatic nitrogens is 1. The van der Waals surface area contributed by atoms with Crippen LogP contribution in [0.5, 0.6) is 11.5 Å². The second kappa shape index (κ2) is 5.80. The summed E-state index contributed by atoms with van der Waals surface area (Å²) in [6.07, 6.45) is 1.81. The molecule has 0 radical (unpaired) electrons. The van der Waals surface area contributed by atoms with Gasteiger partial charge in [-0.2, -0.15) is 0 Å². The number of rotatable bonds is 4. The van der Waals surface area contributed by atoms with Crippen LogP contribution in [-0.4, -0.2) is 25.2 Å². The van der Waals surface area contributed by atoms with Gasteiger partial charge in [0.05, 0.1) is 14.2 Å². The smallest absolute Gasteiger partial charge is 0.161 e. The molecule has 1 N–H and O–H groups in total. The Hall–Kier alpha value is -1.97. The molecule has 0 aliphatic rings. The second-order valence-electron chi connectivity index (χ2n) is 6.32. The van der Waals surface area contributed by atoms with Crippen molar-refractivity contribution in [2.45, 2.75) is 33.7 Å². The van der Waals surface area contributed by atoms with Crippen molar-refractivity contribution in [2.75, 3.05) is 19.5 Å². The first kappa shape index (κ1) is 15.4. The average Bonchev–Trinajstić information content (AvgIpc) is 2.45. The maximum absolute atomic E-state index is 5.39. The van der Waals surface area contributed by atoms with E-state index in [0.717, 1.165) is 22.3 Å². The van der Waals surface area contributed by atoms with Gasteiger partial charge in [-0.15, -0.1) is 0 Å². The number of hydrogen-bond donors (Lipinski definition) is 1. The highest BCUT2D eigenvalue weighted by Gasteiger charge is 2.21. The first-order chi connectivity index (χ1) is 9.86. The highest BCUT2D eigenvalue weighted by molar-refractivity contribution is 5.94. The van der Waals surface area contributed by atoms with E-state index < -0.39 is 0 Å². The number of ether oxygens (including phenoxy) is 2. The average molecular weight is 288 g/mol. The van der Waals surface area contributed by atoms with Crippen LogP contribution < -0.4 is 14.8 Å². The van der Waals surface area contributed by atoms with Crippen LogP contribution in [0, 0.1) is 5.41 Å². The van der Waals surface area contributed by atoms with Gasteiger partial charge in [-0.25, -0.2) is 4.98 Å². The molecule has 0 amide bonds. The minimum atomic E-state index is 0.153. The number of nitrogens with zero attached hydrogens (tertiary/aromatic N) is 1. The van der Waals surface area contributed by atoms with Crippen molar-refractivity contribution in [3.05, 3.63) is 24.4 Å². The minimum absolute atomic E-state index is 0.153. The molecule has 114 valence electrons. The molecule has 0 aliphatic carbocycles. The molecule has 4 heteroatoms. The Morgan fingerprint density at radius 1 is 1.10 bits per heavy atom. The lowest BCUT2D eigenvalue weighted by atomic mass is 9.88. The molecule has 0 bridgehead atoms. The van der Waals surface area contributed by atoms with Crippen LogP contribution in [-0.2, 0) is 0 Å². The fraction of sp³-hybridized carbons (Fsp3) is 0.471. The first-order valence-corrected chi connectivity index (χ1v) is 7.14. The molecule has 0 spiro atoms. The molecular formula is C17H24N2O2. The third-order valence-corrected chi connectivity index (χ3v) is 3.92. The molecule has 1 unspecified atom stereocenters. The summed E-state index contributed by atoms with van der Waals surface area (Å²) in [6, 6.07) is 6.22. The van der Waals surface area contributed by atoms with Crippen molar-refractivity contribution in [1.82, 2.24) is 4.98 Å². The van der Waals surface area contributed by atoms with E-state index in [1.807, 2.05) is 24.4 Å². The number of benzene rings is 1. The van der Waals surface area contributed by atoms with Crippen LogP contribution in [0.3, 0.4) is 0 Å².